The SMILES string of the molecule is Cn1c(SCCCN2CCC3(C[C@@H]3c3ccc(C(F)(F)F)cc3F)C2)nnc1C1CCOCC1. The Morgan fingerprint density at radius 3 is 2.74 bits per heavy atom. The first kappa shape index (κ1) is 24.1. The highest BCUT2D eigenvalue weighted by Gasteiger charge is 2.58. The molecule has 5 rings (SSSR count). The summed E-state index contributed by atoms with van der Waals surface area (Å²) in [6.07, 6.45) is 0.312. The lowest BCUT2D eigenvalue weighted by Gasteiger charge is -2.21. The summed E-state index contributed by atoms with van der Waals surface area (Å²) in [7, 11) is 2.03. The van der Waals surface area contributed by atoms with Crippen LogP contribution in [0.2, 0.25) is 0 Å². The van der Waals surface area contributed by atoms with Gasteiger partial charge in [-0.15, -0.1) is 10.2 Å². The highest BCUT2D eigenvalue weighted by atomic mass is 32.2. The molecule has 3 heterocycles. The minimum absolute atomic E-state index is 0.0237. The van der Waals surface area contributed by atoms with Crippen molar-refractivity contribution in [3.05, 3.63) is 41.0 Å². The standard InChI is InChI=1S/C24H30F4N4OS/c1-31-21(16-5-10-33-11-6-16)29-30-22(31)34-12-2-8-32-9-7-23(15-32)14-19(23)18-4-3-17(13-20(18)25)24(26,27)28/h3-4,13,16,19H,2,5-12,14-15H2,1H3/t19-,23?/m1/s1. The van der Waals surface area contributed by atoms with Crippen molar-refractivity contribution in [2.45, 2.75) is 55.3 Å². The molecule has 1 aliphatic carbocycles. The predicted octanol–water partition coefficient (Wildman–Crippen LogP) is 5.23. The van der Waals surface area contributed by atoms with E-state index in [1.165, 1.54) is 6.07 Å². The van der Waals surface area contributed by atoms with Gasteiger partial charge in [0.1, 0.15) is 11.6 Å². The lowest BCUT2D eigenvalue weighted by molar-refractivity contribution is -0.137. The zero-order valence-electron chi connectivity index (χ0n) is 19.3. The summed E-state index contributed by atoms with van der Waals surface area (Å²) < 4.78 is 60.5. The summed E-state index contributed by atoms with van der Waals surface area (Å²) in [6, 6.07) is 2.99. The second-order valence-electron chi connectivity index (χ2n) is 9.87. The van der Waals surface area contributed by atoms with Crippen LogP contribution in [-0.2, 0) is 18.0 Å². The number of likely N-dealkylation sites (tertiary alicyclic amines) is 1. The molecule has 10 heteroatoms. The predicted molar refractivity (Wildman–Crippen MR) is 121 cm³/mol. The molecule has 34 heavy (non-hydrogen) atoms. The lowest BCUT2D eigenvalue weighted by Crippen LogP contribution is -2.23. The van der Waals surface area contributed by atoms with Gasteiger partial charge in [0.05, 0.1) is 5.56 Å². The fourth-order valence-corrected chi connectivity index (χ4v) is 6.46. The van der Waals surface area contributed by atoms with Crippen molar-refractivity contribution in [3.8, 4) is 0 Å². The largest absolute Gasteiger partial charge is 0.416 e. The quantitative estimate of drug-likeness (QED) is 0.297. The molecule has 0 amide bonds. The van der Waals surface area contributed by atoms with Crippen LogP contribution in [0.3, 0.4) is 0 Å². The van der Waals surface area contributed by atoms with E-state index in [1.54, 1.807) is 11.8 Å². The number of aromatic nitrogens is 3. The maximum Gasteiger partial charge on any atom is 0.416 e. The van der Waals surface area contributed by atoms with Gasteiger partial charge in [0, 0.05) is 38.5 Å². The molecule has 5 nitrogen and oxygen atoms in total. The molecule has 2 aliphatic heterocycles. The van der Waals surface area contributed by atoms with Gasteiger partial charge in [-0.1, -0.05) is 17.8 Å². The maximum absolute atomic E-state index is 14.4. The van der Waals surface area contributed by atoms with Gasteiger partial charge < -0.3 is 14.2 Å². The van der Waals surface area contributed by atoms with Crippen molar-refractivity contribution >= 4 is 11.8 Å². The first-order chi connectivity index (χ1) is 16.3. The topological polar surface area (TPSA) is 43.2 Å². The number of hydrogen-bond acceptors (Lipinski definition) is 5. The van der Waals surface area contributed by atoms with Crippen LogP contribution in [0.4, 0.5) is 17.6 Å². The number of alkyl halides is 3. The molecular weight excluding hydrogens is 468 g/mol. The average Bonchev–Trinajstić information content (AvgIpc) is 3.14. The minimum Gasteiger partial charge on any atom is -0.381 e. The summed E-state index contributed by atoms with van der Waals surface area (Å²) >= 11 is 1.72. The second-order valence-corrected chi connectivity index (χ2v) is 10.9. The Bertz CT molecular complexity index is 1020. The summed E-state index contributed by atoms with van der Waals surface area (Å²) in [5.41, 5.74) is -0.458. The minimum atomic E-state index is -4.51. The molecule has 2 aromatic rings. The molecule has 2 saturated heterocycles. The van der Waals surface area contributed by atoms with E-state index in [0.29, 0.717) is 17.5 Å². The average molecular weight is 499 g/mol. The summed E-state index contributed by atoms with van der Waals surface area (Å²) in [5, 5.41) is 9.74. The van der Waals surface area contributed by atoms with Crippen molar-refractivity contribution in [2.24, 2.45) is 12.5 Å². The zero-order valence-corrected chi connectivity index (χ0v) is 20.1. The Morgan fingerprint density at radius 2 is 2.00 bits per heavy atom. The fourth-order valence-electron chi connectivity index (χ4n) is 5.61. The van der Waals surface area contributed by atoms with Crippen LogP contribution in [0.5, 0.6) is 0 Å². The van der Waals surface area contributed by atoms with E-state index in [4.69, 9.17) is 4.74 Å². The first-order valence-electron chi connectivity index (χ1n) is 12.0. The van der Waals surface area contributed by atoms with Crippen molar-refractivity contribution in [1.82, 2.24) is 19.7 Å². The van der Waals surface area contributed by atoms with Crippen LogP contribution in [0.25, 0.3) is 0 Å². The number of halogens is 4. The Labute approximate surface area is 201 Å². The molecule has 1 aromatic heterocycles. The van der Waals surface area contributed by atoms with E-state index >= 15 is 0 Å². The van der Waals surface area contributed by atoms with Crippen molar-refractivity contribution < 1.29 is 22.3 Å². The van der Waals surface area contributed by atoms with Crippen LogP contribution in [0.1, 0.15) is 60.9 Å². The van der Waals surface area contributed by atoms with Crippen LogP contribution in [-0.4, -0.2) is 58.3 Å². The Kier molecular flexibility index (Phi) is 6.67. The van der Waals surface area contributed by atoms with Crippen LogP contribution in [0.15, 0.2) is 23.4 Å². The van der Waals surface area contributed by atoms with Crippen molar-refractivity contribution in [2.75, 3.05) is 38.6 Å². The molecule has 0 radical (unpaired) electrons. The van der Waals surface area contributed by atoms with Gasteiger partial charge in [-0.3, -0.25) is 0 Å². The van der Waals surface area contributed by atoms with Crippen molar-refractivity contribution in [3.63, 3.8) is 0 Å². The monoisotopic (exact) mass is 498 g/mol. The number of benzene rings is 1. The molecule has 0 N–H and O–H groups in total. The molecule has 1 saturated carbocycles. The van der Waals surface area contributed by atoms with Crippen LogP contribution in [0, 0.1) is 11.2 Å². The number of nitrogens with zero attached hydrogens (tertiary/aromatic N) is 4. The molecule has 2 atom stereocenters. The number of thioether (sulfide) groups is 1. The van der Waals surface area contributed by atoms with Gasteiger partial charge in [-0.05, 0) is 74.2 Å². The normalized spacial score (nSPS) is 26.0. The Balaban J connectivity index is 1.09. The van der Waals surface area contributed by atoms with Crippen molar-refractivity contribution in [1.29, 1.82) is 0 Å². The number of rotatable bonds is 7. The third kappa shape index (κ3) is 4.86. The van der Waals surface area contributed by atoms with Gasteiger partial charge in [0.25, 0.3) is 0 Å². The van der Waals surface area contributed by atoms with E-state index in [1.807, 2.05) is 7.05 Å². The van der Waals surface area contributed by atoms with Crippen LogP contribution >= 0.6 is 11.8 Å². The summed E-state index contributed by atoms with van der Waals surface area (Å²) in [5.74, 6) is 1.71. The molecule has 3 fully saturated rings. The van der Waals surface area contributed by atoms with E-state index in [0.717, 1.165) is 87.8 Å². The zero-order chi connectivity index (χ0) is 23.9. The molecular formula is C24H30F4N4OS. The lowest BCUT2D eigenvalue weighted by atomic mass is 9.97. The molecule has 3 aliphatic rings. The molecule has 1 aromatic carbocycles. The van der Waals surface area contributed by atoms with Gasteiger partial charge in [0.15, 0.2) is 5.16 Å². The highest BCUT2D eigenvalue weighted by Crippen LogP contribution is 2.64. The molecule has 1 unspecified atom stereocenters. The molecule has 1 spiro atoms. The van der Waals surface area contributed by atoms with Crippen LogP contribution < -0.4 is 0 Å². The fraction of sp³-hybridized carbons (Fsp3) is 0.667. The van der Waals surface area contributed by atoms with Gasteiger partial charge in [0.2, 0.25) is 0 Å². The van der Waals surface area contributed by atoms with Gasteiger partial charge >= 0.3 is 6.18 Å². The molecule has 186 valence electrons. The summed E-state index contributed by atoms with van der Waals surface area (Å²) in [4.78, 5) is 2.41. The van der Waals surface area contributed by atoms with Gasteiger partial charge in [-0.25, -0.2) is 4.39 Å². The van der Waals surface area contributed by atoms with Gasteiger partial charge in [-0.2, -0.15) is 13.2 Å². The third-order valence-electron chi connectivity index (χ3n) is 7.66. The second kappa shape index (κ2) is 9.43. The van der Waals surface area contributed by atoms with E-state index < -0.39 is 17.6 Å². The maximum atomic E-state index is 14.4. The van der Waals surface area contributed by atoms with E-state index in [2.05, 4.69) is 19.7 Å². The Hall–Kier alpha value is -1.65. The molecule has 0 bridgehead atoms. The third-order valence-corrected chi connectivity index (χ3v) is 8.77. The summed E-state index contributed by atoms with van der Waals surface area (Å²) in [6.45, 7) is 4.37. The smallest absolute Gasteiger partial charge is 0.381 e. The number of hydrogen-bond donors (Lipinski definition) is 0. The highest BCUT2D eigenvalue weighted by molar-refractivity contribution is 7.99. The Morgan fingerprint density at radius 1 is 1.21 bits per heavy atom. The van der Waals surface area contributed by atoms with E-state index in [-0.39, 0.29) is 11.3 Å². The number of ether oxygens (including phenoxy) is 1. The van der Waals surface area contributed by atoms with E-state index in [9.17, 15) is 17.6 Å². The first-order valence-corrected chi connectivity index (χ1v) is 12.9.